The van der Waals surface area contributed by atoms with Gasteiger partial charge < -0.3 is 21.3 Å². The molecule has 0 aromatic carbocycles. The van der Waals surface area contributed by atoms with Gasteiger partial charge in [0.05, 0.1) is 0 Å². The van der Waals surface area contributed by atoms with Gasteiger partial charge in [-0.1, -0.05) is 0 Å². The first-order valence-electron chi connectivity index (χ1n) is 6.83. The molecule has 0 unspecified atom stereocenters. The first-order chi connectivity index (χ1) is 8.74. The molecule has 0 bridgehead atoms. The molecule has 4 N–H and O–H groups in total. The number of nitrogens with one attached hydrogen (secondary N) is 4. The zero-order valence-corrected chi connectivity index (χ0v) is 10.6. The molecule has 0 heterocycles. The summed E-state index contributed by atoms with van der Waals surface area (Å²) >= 11 is 0. The van der Waals surface area contributed by atoms with E-state index in [-0.39, 0.29) is 12.1 Å². The molecule has 0 radical (unpaired) electrons. The van der Waals surface area contributed by atoms with Crippen molar-refractivity contribution in [2.45, 2.75) is 50.6 Å². The quantitative estimate of drug-likeness (QED) is 0.504. The van der Waals surface area contributed by atoms with E-state index in [1.165, 1.54) is 0 Å². The number of carbonyl (C=O) groups excluding carboxylic acids is 2. The largest absolute Gasteiger partial charge is 0.338 e. The van der Waals surface area contributed by atoms with Gasteiger partial charge in [-0.2, -0.15) is 0 Å². The van der Waals surface area contributed by atoms with Gasteiger partial charge in [-0.25, -0.2) is 9.59 Å². The van der Waals surface area contributed by atoms with Crippen LogP contribution in [0.15, 0.2) is 0 Å². The van der Waals surface area contributed by atoms with Crippen molar-refractivity contribution in [2.75, 3.05) is 13.1 Å². The van der Waals surface area contributed by atoms with Crippen molar-refractivity contribution in [2.24, 2.45) is 0 Å². The molecular weight excluding hydrogens is 232 g/mol. The smallest absolute Gasteiger partial charge is 0.315 e. The first-order valence-corrected chi connectivity index (χ1v) is 6.83. The standard InChI is InChI=1S/C12H22N4O2/c17-11(15-9-3-4-9)13-7-1-2-8-14-12(18)16-10-5-6-10/h9-10H,1-8H2,(H2,13,15,17)(H2,14,16,18). The van der Waals surface area contributed by atoms with Crippen LogP contribution >= 0.6 is 0 Å². The number of carbonyl (C=O) groups is 2. The Labute approximate surface area is 107 Å². The minimum Gasteiger partial charge on any atom is -0.338 e. The summed E-state index contributed by atoms with van der Waals surface area (Å²) in [4.78, 5) is 22.5. The van der Waals surface area contributed by atoms with Crippen LogP contribution in [0.5, 0.6) is 0 Å². The normalized spacial score (nSPS) is 18.0. The van der Waals surface area contributed by atoms with Gasteiger partial charge in [-0.3, -0.25) is 0 Å². The van der Waals surface area contributed by atoms with Crippen LogP contribution < -0.4 is 21.3 Å². The number of unbranched alkanes of at least 4 members (excludes halogenated alkanes) is 1. The molecule has 0 aliphatic heterocycles. The molecule has 18 heavy (non-hydrogen) atoms. The third-order valence-electron chi connectivity index (χ3n) is 3.00. The Bertz CT molecular complexity index is 270. The van der Waals surface area contributed by atoms with Crippen LogP contribution in [0.25, 0.3) is 0 Å². The summed E-state index contributed by atoms with van der Waals surface area (Å²) < 4.78 is 0. The average Bonchev–Trinajstić information content (AvgIpc) is 3.19. The Hall–Kier alpha value is -1.46. The second-order valence-electron chi connectivity index (χ2n) is 5.06. The van der Waals surface area contributed by atoms with Crippen molar-refractivity contribution in [3.63, 3.8) is 0 Å². The average molecular weight is 254 g/mol. The van der Waals surface area contributed by atoms with E-state index in [2.05, 4.69) is 21.3 Å². The molecule has 2 fully saturated rings. The lowest BCUT2D eigenvalue weighted by Gasteiger charge is -2.08. The van der Waals surface area contributed by atoms with Crippen LogP contribution in [-0.2, 0) is 0 Å². The van der Waals surface area contributed by atoms with Crippen LogP contribution in [0.1, 0.15) is 38.5 Å². The zero-order valence-electron chi connectivity index (χ0n) is 10.6. The van der Waals surface area contributed by atoms with E-state index in [4.69, 9.17) is 0 Å². The molecule has 2 aliphatic carbocycles. The van der Waals surface area contributed by atoms with Gasteiger partial charge in [0.25, 0.3) is 0 Å². The molecule has 2 aliphatic rings. The highest BCUT2D eigenvalue weighted by molar-refractivity contribution is 5.74. The second-order valence-corrected chi connectivity index (χ2v) is 5.06. The van der Waals surface area contributed by atoms with Gasteiger partial charge in [0.2, 0.25) is 0 Å². The van der Waals surface area contributed by atoms with Crippen molar-refractivity contribution in [1.29, 1.82) is 0 Å². The van der Waals surface area contributed by atoms with Gasteiger partial charge in [0.1, 0.15) is 0 Å². The molecule has 2 rings (SSSR count). The number of urea groups is 2. The van der Waals surface area contributed by atoms with Gasteiger partial charge >= 0.3 is 12.1 Å². The van der Waals surface area contributed by atoms with Gasteiger partial charge in [-0.15, -0.1) is 0 Å². The Morgan fingerprint density at radius 2 is 1.17 bits per heavy atom. The van der Waals surface area contributed by atoms with Crippen molar-refractivity contribution in [3.8, 4) is 0 Å². The summed E-state index contributed by atoms with van der Waals surface area (Å²) in [6.45, 7) is 1.31. The summed E-state index contributed by atoms with van der Waals surface area (Å²) in [7, 11) is 0. The van der Waals surface area contributed by atoms with Crippen molar-refractivity contribution in [3.05, 3.63) is 0 Å². The van der Waals surface area contributed by atoms with E-state index < -0.39 is 0 Å². The third-order valence-corrected chi connectivity index (χ3v) is 3.00. The van der Waals surface area contributed by atoms with E-state index in [1.54, 1.807) is 0 Å². The number of hydrogen-bond donors (Lipinski definition) is 4. The second kappa shape index (κ2) is 6.47. The predicted molar refractivity (Wildman–Crippen MR) is 68.3 cm³/mol. The highest BCUT2D eigenvalue weighted by Crippen LogP contribution is 2.18. The fourth-order valence-corrected chi connectivity index (χ4v) is 1.58. The molecule has 0 saturated heterocycles. The number of rotatable bonds is 7. The van der Waals surface area contributed by atoms with Crippen LogP contribution in [0.3, 0.4) is 0 Å². The van der Waals surface area contributed by atoms with E-state index in [1.807, 2.05) is 0 Å². The molecule has 102 valence electrons. The molecule has 6 nitrogen and oxygen atoms in total. The van der Waals surface area contributed by atoms with Gasteiger partial charge in [0.15, 0.2) is 0 Å². The zero-order chi connectivity index (χ0) is 12.8. The lowest BCUT2D eigenvalue weighted by atomic mass is 10.3. The molecule has 0 atom stereocenters. The highest BCUT2D eigenvalue weighted by Gasteiger charge is 2.23. The van der Waals surface area contributed by atoms with Crippen molar-refractivity contribution < 1.29 is 9.59 Å². The summed E-state index contributed by atoms with van der Waals surface area (Å²) in [5, 5.41) is 11.3. The number of amides is 4. The summed E-state index contributed by atoms with van der Waals surface area (Å²) in [6.07, 6.45) is 6.17. The lowest BCUT2D eigenvalue weighted by molar-refractivity contribution is 0.238. The van der Waals surface area contributed by atoms with E-state index in [0.29, 0.717) is 25.2 Å². The maximum absolute atomic E-state index is 11.3. The number of hydrogen-bond acceptors (Lipinski definition) is 2. The van der Waals surface area contributed by atoms with E-state index in [0.717, 1.165) is 38.5 Å². The highest BCUT2D eigenvalue weighted by atomic mass is 16.2. The minimum atomic E-state index is -0.0723. The molecule has 0 aromatic rings. The molecule has 4 amide bonds. The maximum Gasteiger partial charge on any atom is 0.315 e. The fourth-order valence-electron chi connectivity index (χ4n) is 1.58. The van der Waals surface area contributed by atoms with E-state index >= 15 is 0 Å². The summed E-state index contributed by atoms with van der Waals surface area (Å²) in [5.41, 5.74) is 0. The lowest BCUT2D eigenvalue weighted by Crippen LogP contribution is -2.38. The van der Waals surface area contributed by atoms with Crippen molar-refractivity contribution >= 4 is 12.1 Å². The summed E-state index contributed by atoms with van der Waals surface area (Å²) in [6, 6.07) is 0.657. The molecular formula is C12H22N4O2. The Morgan fingerprint density at radius 3 is 1.50 bits per heavy atom. The Morgan fingerprint density at radius 1 is 0.778 bits per heavy atom. The predicted octanol–water partition coefficient (Wildman–Crippen LogP) is 0.690. The monoisotopic (exact) mass is 254 g/mol. The van der Waals surface area contributed by atoms with Gasteiger partial charge in [-0.05, 0) is 38.5 Å². The fraction of sp³-hybridized carbons (Fsp3) is 0.833. The Kier molecular flexibility index (Phi) is 4.66. The summed E-state index contributed by atoms with van der Waals surface area (Å²) in [5.74, 6) is 0. The van der Waals surface area contributed by atoms with E-state index in [9.17, 15) is 9.59 Å². The first kappa shape index (κ1) is 13.0. The molecule has 2 saturated carbocycles. The minimum absolute atomic E-state index is 0.0723. The Balaban J connectivity index is 1.36. The van der Waals surface area contributed by atoms with Gasteiger partial charge in [0, 0.05) is 25.2 Å². The molecule has 0 spiro atoms. The third kappa shape index (κ3) is 5.75. The van der Waals surface area contributed by atoms with Crippen LogP contribution in [0, 0.1) is 0 Å². The van der Waals surface area contributed by atoms with Crippen LogP contribution in [0.4, 0.5) is 9.59 Å². The van der Waals surface area contributed by atoms with Crippen molar-refractivity contribution in [1.82, 2.24) is 21.3 Å². The SMILES string of the molecule is O=C(NCCCCNC(=O)NC1CC1)NC1CC1. The molecule has 0 aromatic heterocycles. The topological polar surface area (TPSA) is 82.3 Å². The molecule has 6 heteroatoms. The van der Waals surface area contributed by atoms with Crippen LogP contribution in [-0.4, -0.2) is 37.2 Å². The maximum atomic E-state index is 11.3. The van der Waals surface area contributed by atoms with Crippen LogP contribution in [0.2, 0.25) is 0 Å².